The topological polar surface area (TPSA) is 48.1 Å². The van der Waals surface area contributed by atoms with E-state index in [-0.39, 0.29) is 11.7 Å². The number of aromatic nitrogens is 1. The number of hydrogen-bond donors (Lipinski definition) is 2. The normalized spacial score (nSPS) is 14.9. The fourth-order valence-corrected chi connectivity index (χ4v) is 3.83. The zero-order valence-corrected chi connectivity index (χ0v) is 15.7. The Bertz CT molecular complexity index is 969. The third-order valence-corrected chi connectivity index (χ3v) is 5.60. The van der Waals surface area contributed by atoms with Crippen molar-refractivity contribution < 1.29 is 9.18 Å². The van der Waals surface area contributed by atoms with E-state index >= 15 is 0 Å². The van der Waals surface area contributed by atoms with Crippen molar-refractivity contribution in [3.05, 3.63) is 60.0 Å². The highest BCUT2D eigenvalue weighted by molar-refractivity contribution is 6.04. The molecule has 4 rings (SSSR count). The van der Waals surface area contributed by atoms with Crippen LogP contribution in [0.2, 0.25) is 0 Å². The van der Waals surface area contributed by atoms with Crippen molar-refractivity contribution in [2.75, 3.05) is 23.3 Å². The highest BCUT2D eigenvalue weighted by atomic mass is 19.1. The van der Waals surface area contributed by atoms with Crippen LogP contribution in [0.15, 0.2) is 48.7 Å². The Balaban J connectivity index is 1.55. The molecule has 0 aliphatic heterocycles. The number of aromatic amines is 1. The number of carbonyl (C=O) groups excluding carboxylic acids is 1. The fraction of sp³-hybridized carbons (Fsp3) is 0.318. The Hall–Kier alpha value is -2.82. The number of amides is 1. The van der Waals surface area contributed by atoms with Gasteiger partial charge in [0.05, 0.1) is 5.41 Å². The van der Waals surface area contributed by atoms with Gasteiger partial charge in [-0.15, -0.1) is 0 Å². The van der Waals surface area contributed by atoms with Crippen molar-refractivity contribution in [3.63, 3.8) is 0 Å². The summed E-state index contributed by atoms with van der Waals surface area (Å²) in [5.41, 5.74) is 3.11. The van der Waals surface area contributed by atoms with Gasteiger partial charge in [-0.3, -0.25) is 4.79 Å². The smallest absolute Gasteiger partial charge is 0.235 e. The molecule has 1 saturated carbocycles. The summed E-state index contributed by atoms with van der Waals surface area (Å²) < 4.78 is 13.4. The largest absolute Gasteiger partial charge is 0.372 e. The van der Waals surface area contributed by atoms with Crippen molar-refractivity contribution in [2.45, 2.75) is 32.1 Å². The van der Waals surface area contributed by atoms with E-state index in [1.54, 1.807) is 6.07 Å². The third kappa shape index (κ3) is 3.07. The molecule has 1 aliphatic carbocycles. The predicted molar refractivity (Wildman–Crippen MR) is 108 cm³/mol. The summed E-state index contributed by atoms with van der Waals surface area (Å²) in [6.45, 7) is 6.16. The standard InChI is InChI=1S/C22H24FN3O/c1-3-26(4-2)17-8-6-16(7-9-17)25-21(27)22(11-12-22)19-14-24-20-13-15(23)5-10-18(19)20/h5-10,13-14,24H,3-4,11-12H2,1-2H3,(H,25,27). The number of hydrogen-bond acceptors (Lipinski definition) is 2. The van der Waals surface area contributed by atoms with E-state index in [1.165, 1.54) is 12.1 Å². The van der Waals surface area contributed by atoms with Gasteiger partial charge in [0.1, 0.15) is 5.82 Å². The van der Waals surface area contributed by atoms with Crippen LogP contribution < -0.4 is 10.2 Å². The lowest BCUT2D eigenvalue weighted by atomic mass is 9.94. The van der Waals surface area contributed by atoms with Crippen molar-refractivity contribution in [1.82, 2.24) is 4.98 Å². The van der Waals surface area contributed by atoms with Gasteiger partial charge in [-0.1, -0.05) is 0 Å². The van der Waals surface area contributed by atoms with Gasteiger partial charge in [0.15, 0.2) is 0 Å². The summed E-state index contributed by atoms with van der Waals surface area (Å²) in [5.74, 6) is -0.276. The van der Waals surface area contributed by atoms with Gasteiger partial charge >= 0.3 is 0 Å². The van der Waals surface area contributed by atoms with E-state index in [1.807, 2.05) is 30.5 Å². The molecule has 27 heavy (non-hydrogen) atoms. The maximum atomic E-state index is 13.4. The molecule has 0 atom stereocenters. The maximum absolute atomic E-state index is 13.4. The molecule has 4 nitrogen and oxygen atoms in total. The number of nitrogens with one attached hydrogen (secondary N) is 2. The van der Waals surface area contributed by atoms with E-state index < -0.39 is 5.41 Å². The lowest BCUT2D eigenvalue weighted by Gasteiger charge is -2.21. The number of halogens is 1. The zero-order valence-electron chi connectivity index (χ0n) is 15.7. The first-order valence-electron chi connectivity index (χ1n) is 9.51. The molecule has 0 saturated heterocycles. The van der Waals surface area contributed by atoms with Gasteiger partial charge in [-0.05, 0) is 74.7 Å². The summed E-state index contributed by atoms with van der Waals surface area (Å²) in [6.07, 6.45) is 3.46. The number of nitrogens with zero attached hydrogens (tertiary/aromatic N) is 1. The number of fused-ring (bicyclic) bond motifs is 1. The van der Waals surface area contributed by atoms with Crippen LogP contribution in [-0.2, 0) is 10.2 Å². The zero-order chi connectivity index (χ0) is 19.0. The van der Waals surface area contributed by atoms with Crippen LogP contribution in [-0.4, -0.2) is 24.0 Å². The molecule has 1 aliphatic rings. The summed E-state index contributed by atoms with van der Waals surface area (Å²) in [5, 5.41) is 3.98. The lowest BCUT2D eigenvalue weighted by Crippen LogP contribution is -2.27. The molecule has 5 heteroatoms. The Morgan fingerprint density at radius 2 is 1.85 bits per heavy atom. The monoisotopic (exact) mass is 365 g/mol. The average molecular weight is 365 g/mol. The van der Waals surface area contributed by atoms with E-state index in [0.717, 1.165) is 53.8 Å². The molecule has 1 fully saturated rings. The molecule has 3 aromatic rings. The van der Waals surface area contributed by atoms with E-state index in [9.17, 15) is 9.18 Å². The van der Waals surface area contributed by atoms with Crippen molar-refractivity contribution in [2.24, 2.45) is 0 Å². The lowest BCUT2D eigenvalue weighted by molar-refractivity contribution is -0.118. The Morgan fingerprint density at radius 3 is 2.48 bits per heavy atom. The van der Waals surface area contributed by atoms with Crippen molar-refractivity contribution >= 4 is 28.2 Å². The van der Waals surface area contributed by atoms with Gasteiger partial charge in [-0.2, -0.15) is 0 Å². The minimum atomic E-state index is -0.520. The van der Waals surface area contributed by atoms with Gasteiger partial charge in [0, 0.05) is 41.6 Å². The molecular formula is C22H24FN3O. The SMILES string of the molecule is CCN(CC)c1ccc(NC(=O)C2(c3c[nH]c4cc(F)ccc34)CC2)cc1. The van der Waals surface area contributed by atoms with E-state index in [2.05, 4.69) is 29.0 Å². The Morgan fingerprint density at radius 1 is 1.15 bits per heavy atom. The molecule has 1 aromatic heterocycles. The minimum Gasteiger partial charge on any atom is -0.372 e. The second-order valence-corrected chi connectivity index (χ2v) is 7.15. The summed E-state index contributed by atoms with van der Waals surface area (Å²) in [6, 6.07) is 12.6. The summed E-state index contributed by atoms with van der Waals surface area (Å²) >= 11 is 0. The molecule has 1 heterocycles. The first-order valence-corrected chi connectivity index (χ1v) is 9.51. The first kappa shape index (κ1) is 17.6. The quantitative estimate of drug-likeness (QED) is 0.658. The third-order valence-electron chi connectivity index (χ3n) is 5.60. The maximum Gasteiger partial charge on any atom is 0.235 e. The molecule has 0 unspecified atom stereocenters. The minimum absolute atomic E-state index is 0.00307. The fourth-order valence-electron chi connectivity index (χ4n) is 3.83. The molecule has 2 aromatic carbocycles. The van der Waals surface area contributed by atoms with Crippen molar-refractivity contribution in [3.8, 4) is 0 Å². The molecule has 140 valence electrons. The van der Waals surface area contributed by atoms with Crippen LogP contribution in [0, 0.1) is 5.82 Å². The molecule has 2 N–H and O–H groups in total. The van der Waals surface area contributed by atoms with Crippen LogP contribution in [0.4, 0.5) is 15.8 Å². The van der Waals surface area contributed by atoms with Crippen LogP contribution in [0.1, 0.15) is 32.3 Å². The molecule has 1 amide bonds. The molecule has 0 spiro atoms. The van der Waals surface area contributed by atoms with Crippen LogP contribution >= 0.6 is 0 Å². The number of H-pyrrole nitrogens is 1. The van der Waals surface area contributed by atoms with E-state index in [4.69, 9.17) is 0 Å². The number of anilines is 2. The number of carbonyl (C=O) groups is 1. The second-order valence-electron chi connectivity index (χ2n) is 7.15. The number of rotatable bonds is 6. The molecule has 0 bridgehead atoms. The van der Waals surface area contributed by atoms with Crippen LogP contribution in [0.25, 0.3) is 10.9 Å². The molecular weight excluding hydrogens is 341 g/mol. The average Bonchev–Trinajstić information content (AvgIpc) is 3.38. The summed E-state index contributed by atoms with van der Waals surface area (Å²) in [4.78, 5) is 18.4. The Labute approximate surface area is 158 Å². The summed E-state index contributed by atoms with van der Waals surface area (Å²) in [7, 11) is 0. The second kappa shape index (κ2) is 6.72. The van der Waals surface area contributed by atoms with E-state index in [0.29, 0.717) is 0 Å². The first-order chi connectivity index (χ1) is 13.1. The highest BCUT2D eigenvalue weighted by Gasteiger charge is 2.52. The Kier molecular flexibility index (Phi) is 4.38. The van der Waals surface area contributed by atoms with Gasteiger partial charge in [0.25, 0.3) is 0 Å². The number of benzene rings is 2. The van der Waals surface area contributed by atoms with Gasteiger partial charge in [0.2, 0.25) is 5.91 Å². The van der Waals surface area contributed by atoms with Gasteiger partial charge in [-0.25, -0.2) is 4.39 Å². The molecule has 0 radical (unpaired) electrons. The van der Waals surface area contributed by atoms with Crippen molar-refractivity contribution in [1.29, 1.82) is 0 Å². The van der Waals surface area contributed by atoms with Crippen LogP contribution in [0.5, 0.6) is 0 Å². The van der Waals surface area contributed by atoms with Gasteiger partial charge < -0.3 is 15.2 Å². The predicted octanol–water partition coefficient (Wildman–Crippen LogP) is 4.82. The highest BCUT2D eigenvalue weighted by Crippen LogP contribution is 2.51. The van der Waals surface area contributed by atoms with Crippen LogP contribution in [0.3, 0.4) is 0 Å².